The van der Waals surface area contributed by atoms with Crippen LogP contribution in [0.25, 0.3) is 0 Å². The number of hydrogen-bond acceptors (Lipinski definition) is 4. The van der Waals surface area contributed by atoms with Crippen molar-refractivity contribution < 1.29 is 9.90 Å². The molecule has 0 fully saturated rings. The molecular weight excluding hydrogens is 284 g/mol. The topological polar surface area (TPSA) is 75.4 Å². The molecule has 112 valence electrons. The Balaban J connectivity index is 1.83. The largest absolute Gasteiger partial charge is 0.508 e. The maximum absolute atomic E-state index is 12.1. The minimum atomic E-state index is -0.584. The summed E-state index contributed by atoms with van der Waals surface area (Å²) in [7, 11) is 0. The van der Waals surface area contributed by atoms with E-state index in [1.165, 1.54) is 5.56 Å². The number of benzene rings is 1. The molecule has 1 aromatic carbocycles. The fourth-order valence-electron chi connectivity index (χ4n) is 2.14. The highest BCUT2D eigenvalue weighted by molar-refractivity contribution is 7.07. The first kappa shape index (κ1) is 15.5. The third-order valence-electron chi connectivity index (χ3n) is 3.24. The van der Waals surface area contributed by atoms with Crippen molar-refractivity contribution >= 4 is 17.2 Å². The van der Waals surface area contributed by atoms with Crippen molar-refractivity contribution in [2.24, 2.45) is 5.73 Å². The highest BCUT2D eigenvalue weighted by Gasteiger charge is 2.16. The van der Waals surface area contributed by atoms with Gasteiger partial charge in [0, 0.05) is 6.04 Å². The van der Waals surface area contributed by atoms with Crippen molar-refractivity contribution in [1.82, 2.24) is 5.32 Å². The molecule has 0 radical (unpaired) electrons. The third kappa shape index (κ3) is 4.88. The lowest BCUT2D eigenvalue weighted by Gasteiger charge is -2.17. The van der Waals surface area contributed by atoms with E-state index in [1.54, 1.807) is 35.6 Å². The van der Waals surface area contributed by atoms with E-state index in [4.69, 9.17) is 5.73 Å². The number of nitrogens with two attached hydrogens (primary N) is 1. The second-order valence-electron chi connectivity index (χ2n) is 5.22. The zero-order valence-corrected chi connectivity index (χ0v) is 12.8. The number of phenolic OH excluding ortho intramolecular Hbond substituents is 1. The molecule has 2 rings (SSSR count). The van der Waals surface area contributed by atoms with Crippen molar-refractivity contribution in [1.29, 1.82) is 0 Å². The van der Waals surface area contributed by atoms with Crippen LogP contribution in [0.3, 0.4) is 0 Å². The highest BCUT2D eigenvalue weighted by Crippen LogP contribution is 2.11. The predicted octanol–water partition coefficient (Wildman–Crippen LogP) is 2.07. The van der Waals surface area contributed by atoms with Gasteiger partial charge < -0.3 is 16.2 Å². The van der Waals surface area contributed by atoms with Crippen LogP contribution in [0.2, 0.25) is 0 Å². The molecule has 0 spiro atoms. The fraction of sp³-hybridized carbons (Fsp3) is 0.312. The molecule has 4 N–H and O–H groups in total. The Morgan fingerprint density at radius 2 is 1.95 bits per heavy atom. The summed E-state index contributed by atoms with van der Waals surface area (Å²) < 4.78 is 0. The van der Waals surface area contributed by atoms with E-state index in [-0.39, 0.29) is 17.7 Å². The zero-order chi connectivity index (χ0) is 15.2. The minimum absolute atomic E-state index is 0.0537. The Hall–Kier alpha value is -1.85. The normalized spacial score (nSPS) is 13.6. The fourth-order valence-corrected chi connectivity index (χ4v) is 2.82. The van der Waals surface area contributed by atoms with Crippen molar-refractivity contribution in [3.63, 3.8) is 0 Å². The first-order chi connectivity index (χ1) is 10.0. The first-order valence-electron chi connectivity index (χ1n) is 6.89. The molecule has 1 amide bonds. The van der Waals surface area contributed by atoms with Crippen molar-refractivity contribution in [2.75, 3.05) is 0 Å². The summed E-state index contributed by atoms with van der Waals surface area (Å²) in [4.78, 5) is 12.1. The van der Waals surface area contributed by atoms with E-state index >= 15 is 0 Å². The Labute approximate surface area is 128 Å². The molecule has 2 aromatic rings. The number of amides is 1. The monoisotopic (exact) mass is 304 g/mol. The SMILES string of the molecule is CC(Cc1ccsc1)NC(=O)C(N)Cc1ccc(O)cc1. The summed E-state index contributed by atoms with van der Waals surface area (Å²) in [5.74, 6) is 0.0620. The zero-order valence-electron chi connectivity index (χ0n) is 12.0. The van der Waals surface area contributed by atoms with E-state index in [0.29, 0.717) is 6.42 Å². The van der Waals surface area contributed by atoms with Crippen LogP contribution in [0, 0.1) is 0 Å². The Morgan fingerprint density at radius 1 is 1.24 bits per heavy atom. The summed E-state index contributed by atoms with van der Waals surface area (Å²) in [6.07, 6.45) is 1.26. The van der Waals surface area contributed by atoms with Gasteiger partial charge in [-0.2, -0.15) is 11.3 Å². The Kier molecular flexibility index (Phi) is 5.36. The van der Waals surface area contributed by atoms with Crippen molar-refractivity contribution in [3.8, 4) is 5.75 Å². The van der Waals surface area contributed by atoms with E-state index < -0.39 is 6.04 Å². The quantitative estimate of drug-likeness (QED) is 0.765. The molecule has 5 heteroatoms. The van der Waals surface area contributed by atoms with Gasteiger partial charge in [-0.3, -0.25) is 4.79 Å². The lowest BCUT2D eigenvalue weighted by Crippen LogP contribution is -2.46. The van der Waals surface area contributed by atoms with Crippen LogP contribution in [0.15, 0.2) is 41.1 Å². The van der Waals surface area contributed by atoms with E-state index in [9.17, 15) is 9.90 Å². The summed E-state index contributed by atoms with van der Waals surface area (Å²) in [5.41, 5.74) is 8.09. The molecule has 2 atom stereocenters. The predicted molar refractivity (Wildman–Crippen MR) is 85.4 cm³/mol. The molecule has 1 aromatic heterocycles. The molecule has 21 heavy (non-hydrogen) atoms. The second-order valence-corrected chi connectivity index (χ2v) is 6.00. The number of hydrogen-bond donors (Lipinski definition) is 3. The van der Waals surface area contributed by atoms with Gasteiger partial charge >= 0.3 is 0 Å². The van der Waals surface area contributed by atoms with Crippen LogP contribution in [-0.2, 0) is 17.6 Å². The van der Waals surface area contributed by atoms with Crippen molar-refractivity contribution in [3.05, 3.63) is 52.2 Å². The average molecular weight is 304 g/mol. The molecule has 0 aliphatic carbocycles. The van der Waals surface area contributed by atoms with E-state index in [2.05, 4.69) is 16.8 Å². The minimum Gasteiger partial charge on any atom is -0.508 e. The smallest absolute Gasteiger partial charge is 0.237 e. The molecule has 0 aliphatic rings. The van der Waals surface area contributed by atoms with Gasteiger partial charge in [-0.1, -0.05) is 12.1 Å². The van der Waals surface area contributed by atoms with Gasteiger partial charge in [0.15, 0.2) is 0 Å². The lowest BCUT2D eigenvalue weighted by atomic mass is 10.0. The van der Waals surface area contributed by atoms with Crippen LogP contribution >= 0.6 is 11.3 Å². The number of nitrogens with one attached hydrogen (secondary N) is 1. The van der Waals surface area contributed by atoms with Gasteiger partial charge in [0.1, 0.15) is 5.75 Å². The van der Waals surface area contributed by atoms with Gasteiger partial charge in [0.2, 0.25) is 5.91 Å². The van der Waals surface area contributed by atoms with Gasteiger partial charge in [0.25, 0.3) is 0 Å². The van der Waals surface area contributed by atoms with Crippen LogP contribution in [0.4, 0.5) is 0 Å². The van der Waals surface area contributed by atoms with Gasteiger partial charge in [-0.15, -0.1) is 0 Å². The number of rotatable bonds is 6. The summed E-state index contributed by atoms with van der Waals surface area (Å²) in [6, 6.07) is 8.27. The summed E-state index contributed by atoms with van der Waals surface area (Å²) >= 11 is 1.65. The number of phenols is 1. The maximum Gasteiger partial charge on any atom is 0.237 e. The van der Waals surface area contributed by atoms with Gasteiger partial charge in [-0.25, -0.2) is 0 Å². The van der Waals surface area contributed by atoms with Gasteiger partial charge in [0.05, 0.1) is 6.04 Å². The maximum atomic E-state index is 12.1. The Bertz CT molecular complexity index is 566. The van der Waals surface area contributed by atoms with Gasteiger partial charge in [-0.05, 0) is 59.9 Å². The molecule has 1 heterocycles. The van der Waals surface area contributed by atoms with E-state index in [1.807, 2.05) is 12.3 Å². The van der Waals surface area contributed by atoms with E-state index in [0.717, 1.165) is 12.0 Å². The number of carbonyl (C=O) groups is 1. The van der Waals surface area contributed by atoms with Crippen molar-refractivity contribution in [2.45, 2.75) is 31.8 Å². The summed E-state index contributed by atoms with van der Waals surface area (Å²) in [5, 5.41) is 16.3. The Morgan fingerprint density at radius 3 is 2.57 bits per heavy atom. The third-order valence-corrected chi connectivity index (χ3v) is 3.97. The average Bonchev–Trinajstić information content (AvgIpc) is 2.94. The molecule has 2 unspecified atom stereocenters. The molecule has 4 nitrogen and oxygen atoms in total. The lowest BCUT2D eigenvalue weighted by molar-refractivity contribution is -0.122. The first-order valence-corrected chi connectivity index (χ1v) is 7.84. The van der Waals surface area contributed by atoms with Crippen LogP contribution in [0.5, 0.6) is 5.75 Å². The number of thiophene rings is 1. The van der Waals surface area contributed by atoms with Crippen LogP contribution in [0.1, 0.15) is 18.1 Å². The molecular formula is C16H20N2O2S. The molecule has 0 bridgehead atoms. The number of aromatic hydroxyl groups is 1. The second kappa shape index (κ2) is 7.24. The molecule has 0 aliphatic heterocycles. The summed E-state index contributed by atoms with van der Waals surface area (Å²) in [6.45, 7) is 1.98. The standard InChI is InChI=1S/C16H20N2O2S/c1-11(8-13-6-7-21-10-13)18-16(20)15(17)9-12-2-4-14(19)5-3-12/h2-7,10-11,15,19H,8-9,17H2,1H3,(H,18,20). The molecule has 0 saturated heterocycles. The molecule has 0 saturated carbocycles. The number of carbonyl (C=O) groups excluding carboxylic acids is 1. The van der Waals surface area contributed by atoms with Crippen LogP contribution in [-0.4, -0.2) is 23.1 Å². The highest BCUT2D eigenvalue weighted by atomic mass is 32.1. The van der Waals surface area contributed by atoms with Crippen LogP contribution < -0.4 is 11.1 Å².